The summed E-state index contributed by atoms with van der Waals surface area (Å²) in [5.74, 6) is 1.45. The van der Waals surface area contributed by atoms with Gasteiger partial charge in [-0.05, 0) is 25.1 Å². The molecule has 0 saturated carbocycles. The van der Waals surface area contributed by atoms with Crippen LogP contribution in [0.2, 0.25) is 0 Å². The van der Waals surface area contributed by atoms with Crippen molar-refractivity contribution in [3.63, 3.8) is 0 Å². The smallest absolute Gasteiger partial charge is 0.317 e. The van der Waals surface area contributed by atoms with Crippen LogP contribution in [0.4, 0.5) is 4.79 Å². The molecule has 2 N–H and O–H groups in total. The number of nitrogens with one attached hydrogen (secondary N) is 1. The quantitative estimate of drug-likeness (QED) is 0.861. The SMILES string of the molecule is CC(O)CN(C)C(=O)NCc1ccccc1Oc1ccccc1. The lowest BCUT2D eigenvalue weighted by Crippen LogP contribution is -2.40. The molecule has 0 fully saturated rings. The third-order valence-corrected chi connectivity index (χ3v) is 3.26. The van der Waals surface area contributed by atoms with Gasteiger partial charge in [0.2, 0.25) is 0 Å². The number of aliphatic hydroxyl groups excluding tert-OH is 1. The van der Waals surface area contributed by atoms with E-state index in [2.05, 4.69) is 5.32 Å². The van der Waals surface area contributed by atoms with Crippen molar-refractivity contribution in [3.8, 4) is 11.5 Å². The highest BCUT2D eigenvalue weighted by Crippen LogP contribution is 2.24. The number of urea groups is 1. The van der Waals surface area contributed by atoms with E-state index in [1.54, 1.807) is 14.0 Å². The van der Waals surface area contributed by atoms with Gasteiger partial charge < -0.3 is 20.1 Å². The first kappa shape index (κ1) is 16.8. The lowest BCUT2D eigenvalue weighted by Gasteiger charge is -2.20. The molecular formula is C18H22N2O3. The largest absolute Gasteiger partial charge is 0.457 e. The van der Waals surface area contributed by atoms with Crippen molar-refractivity contribution >= 4 is 6.03 Å². The summed E-state index contributed by atoms with van der Waals surface area (Å²) in [5, 5.41) is 12.1. The molecule has 0 heterocycles. The number of carbonyl (C=O) groups excluding carboxylic acids is 1. The zero-order valence-corrected chi connectivity index (χ0v) is 13.4. The van der Waals surface area contributed by atoms with Gasteiger partial charge in [0.15, 0.2) is 0 Å². The van der Waals surface area contributed by atoms with E-state index in [1.807, 2.05) is 54.6 Å². The monoisotopic (exact) mass is 314 g/mol. The minimum Gasteiger partial charge on any atom is -0.457 e. The molecular weight excluding hydrogens is 292 g/mol. The van der Waals surface area contributed by atoms with Gasteiger partial charge in [-0.3, -0.25) is 0 Å². The number of ether oxygens (including phenoxy) is 1. The third-order valence-electron chi connectivity index (χ3n) is 3.26. The van der Waals surface area contributed by atoms with Crippen LogP contribution < -0.4 is 10.1 Å². The summed E-state index contributed by atoms with van der Waals surface area (Å²) in [6.45, 7) is 2.28. The van der Waals surface area contributed by atoms with Gasteiger partial charge >= 0.3 is 6.03 Å². The number of aliphatic hydroxyl groups is 1. The Bertz CT molecular complexity index is 629. The van der Waals surface area contributed by atoms with Crippen LogP contribution >= 0.6 is 0 Å². The van der Waals surface area contributed by atoms with Crippen LogP contribution in [0.25, 0.3) is 0 Å². The number of para-hydroxylation sites is 2. The number of benzene rings is 2. The Kier molecular flexibility index (Phi) is 6.00. The molecule has 1 unspecified atom stereocenters. The van der Waals surface area contributed by atoms with Crippen molar-refractivity contribution in [3.05, 3.63) is 60.2 Å². The van der Waals surface area contributed by atoms with Gasteiger partial charge in [-0.2, -0.15) is 0 Å². The zero-order chi connectivity index (χ0) is 16.7. The normalized spacial score (nSPS) is 11.6. The number of amides is 2. The van der Waals surface area contributed by atoms with E-state index in [9.17, 15) is 9.90 Å². The van der Waals surface area contributed by atoms with Gasteiger partial charge in [-0.15, -0.1) is 0 Å². The lowest BCUT2D eigenvalue weighted by atomic mass is 10.2. The van der Waals surface area contributed by atoms with Crippen LogP contribution in [-0.2, 0) is 6.54 Å². The molecule has 2 aromatic carbocycles. The fourth-order valence-corrected chi connectivity index (χ4v) is 2.15. The van der Waals surface area contributed by atoms with Gasteiger partial charge in [0, 0.05) is 25.7 Å². The Morgan fingerprint density at radius 3 is 2.52 bits per heavy atom. The Morgan fingerprint density at radius 2 is 1.83 bits per heavy atom. The second kappa shape index (κ2) is 8.19. The number of nitrogens with zero attached hydrogens (tertiary/aromatic N) is 1. The van der Waals surface area contributed by atoms with Crippen LogP contribution in [0.15, 0.2) is 54.6 Å². The van der Waals surface area contributed by atoms with Gasteiger partial charge in [-0.1, -0.05) is 36.4 Å². The minimum absolute atomic E-state index is 0.236. The highest BCUT2D eigenvalue weighted by Gasteiger charge is 2.11. The highest BCUT2D eigenvalue weighted by molar-refractivity contribution is 5.73. The number of rotatable bonds is 6. The topological polar surface area (TPSA) is 61.8 Å². The van der Waals surface area contributed by atoms with Crippen molar-refractivity contribution in [1.29, 1.82) is 0 Å². The van der Waals surface area contributed by atoms with Gasteiger partial charge in [0.1, 0.15) is 11.5 Å². The predicted molar refractivity (Wildman–Crippen MR) is 89.5 cm³/mol. The summed E-state index contributed by atoms with van der Waals surface area (Å²) in [4.78, 5) is 13.4. The summed E-state index contributed by atoms with van der Waals surface area (Å²) < 4.78 is 5.86. The average Bonchev–Trinajstić information content (AvgIpc) is 2.54. The molecule has 0 aliphatic heterocycles. The van der Waals surface area contributed by atoms with Crippen molar-refractivity contribution in [2.24, 2.45) is 0 Å². The summed E-state index contributed by atoms with van der Waals surface area (Å²) in [6, 6.07) is 16.8. The van der Waals surface area contributed by atoms with Crippen LogP contribution in [0.5, 0.6) is 11.5 Å². The first-order valence-corrected chi connectivity index (χ1v) is 7.54. The molecule has 5 nitrogen and oxygen atoms in total. The van der Waals surface area contributed by atoms with E-state index in [-0.39, 0.29) is 12.6 Å². The Labute approximate surface area is 136 Å². The van der Waals surface area contributed by atoms with E-state index in [0.29, 0.717) is 12.3 Å². The molecule has 0 spiro atoms. The first-order chi connectivity index (χ1) is 11.1. The number of hydrogen-bond donors (Lipinski definition) is 2. The molecule has 23 heavy (non-hydrogen) atoms. The Hall–Kier alpha value is -2.53. The molecule has 2 aromatic rings. The third kappa shape index (κ3) is 5.30. The van der Waals surface area contributed by atoms with Crippen LogP contribution in [0.3, 0.4) is 0 Å². The van der Waals surface area contributed by atoms with Crippen molar-refractivity contribution in [1.82, 2.24) is 10.2 Å². The van der Waals surface area contributed by atoms with Gasteiger partial charge in [0.25, 0.3) is 0 Å². The highest BCUT2D eigenvalue weighted by atomic mass is 16.5. The Morgan fingerprint density at radius 1 is 1.17 bits per heavy atom. The summed E-state index contributed by atoms with van der Waals surface area (Å²) in [7, 11) is 1.65. The summed E-state index contributed by atoms with van der Waals surface area (Å²) >= 11 is 0. The van der Waals surface area contributed by atoms with Crippen LogP contribution in [0, 0.1) is 0 Å². The molecule has 122 valence electrons. The number of likely N-dealkylation sites (N-methyl/N-ethyl adjacent to an activating group) is 1. The standard InChI is InChI=1S/C18H22N2O3/c1-14(21)13-20(2)18(22)19-12-15-8-6-7-11-17(15)23-16-9-4-3-5-10-16/h3-11,14,21H,12-13H2,1-2H3,(H,19,22). The molecule has 0 radical (unpaired) electrons. The molecule has 1 atom stereocenters. The predicted octanol–water partition coefficient (Wildman–Crippen LogP) is 3.00. The Balaban J connectivity index is 1.99. The summed E-state index contributed by atoms with van der Waals surface area (Å²) in [5.41, 5.74) is 0.884. The van der Waals surface area contributed by atoms with Crippen LogP contribution in [0.1, 0.15) is 12.5 Å². The fraction of sp³-hybridized carbons (Fsp3) is 0.278. The fourth-order valence-electron chi connectivity index (χ4n) is 2.15. The molecule has 0 aliphatic carbocycles. The maximum Gasteiger partial charge on any atom is 0.317 e. The molecule has 5 heteroatoms. The molecule has 0 aromatic heterocycles. The van der Waals surface area contributed by atoms with E-state index < -0.39 is 6.10 Å². The first-order valence-electron chi connectivity index (χ1n) is 7.54. The second-order valence-corrected chi connectivity index (χ2v) is 5.41. The molecule has 0 aliphatic rings. The molecule has 0 saturated heterocycles. The maximum absolute atomic E-state index is 12.0. The minimum atomic E-state index is -0.556. The average molecular weight is 314 g/mol. The van der Waals surface area contributed by atoms with Crippen molar-refractivity contribution in [2.45, 2.75) is 19.6 Å². The van der Waals surface area contributed by atoms with Crippen molar-refractivity contribution < 1.29 is 14.6 Å². The summed E-state index contributed by atoms with van der Waals surface area (Å²) in [6.07, 6.45) is -0.556. The maximum atomic E-state index is 12.0. The van der Waals surface area contributed by atoms with E-state index in [0.717, 1.165) is 11.3 Å². The van der Waals surface area contributed by atoms with E-state index in [4.69, 9.17) is 4.74 Å². The van der Waals surface area contributed by atoms with Gasteiger partial charge in [0.05, 0.1) is 6.10 Å². The number of hydrogen-bond acceptors (Lipinski definition) is 3. The second-order valence-electron chi connectivity index (χ2n) is 5.41. The van der Waals surface area contributed by atoms with Crippen LogP contribution in [-0.4, -0.2) is 35.7 Å². The molecule has 0 bridgehead atoms. The number of carbonyl (C=O) groups is 1. The zero-order valence-electron chi connectivity index (χ0n) is 13.4. The van der Waals surface area contributed by atoms with Gasteiger partial charge in [-0.25, -0.2) is 4.79 Å². The lowest BCUT2D eigenvalue weighted by molar-refractivity contribution is 0.143. The molecule has 2 amide bonds. The van der Waals surface area contributed by atoms with E-state index >= 15 is 0 Å². The van der Waals surface area contributed by atoms with E-state index in [1.165, 1.54) is 4.90 Å². The molecule has 2 rings (SSSR count). The van der Waals surface area contributed by atoms with Crippen molar-refractivity contribution in [2.75, 3.05) is 13.6 Å².